The number of carbonyl (C=O) groups excluding carboxylic acids is 1. The summed E-state index contributed by atoms with van der Waals surface area (Å²) in [4.78, 5) is 12.0. The molecule has 0 radical (unpaired) electrons. The highest BCUT2D eigenvalue weighted by Gasteiger charge is 2.30. The van der Waals surface area contributed by atoms with Gasteiger partial charge in [-0.3, -0.25) is 9.48 Å². The SMILES string of the molecule is CC1CCCC1C(=O)Nc1nn(C)cc1C#N. The number of rotatable bonds is 2. The predicted octanol–water partition coefficient (Wildman–Crippen LogP) is 1.67. The van der Waals surface area contributed by atoms with Crippen LogP contribution in [-0.2, 0) is 11.8 Å². The Hall–Kier alpha value is -1.83. The zero-order chi connectivity index (χ0) is 12.4. The van der Waals surface area contributed by atoms with E-state index in [9.17, 15) is 4.79 Å². The normalized spacial score (nSPS) is 23.4. The van der Waals surface area contributed by atoms with Crippen LogP contribution >= 0.6 is 0 Å². The van der Waals surface area contributed by atoms with Crippen LogP contribution in [0.4, 0.5) is 5.82 Å². The van der Waals surface area contributed by atoms with Gasteiger partial charge in [0.2, 0.25) is 5.91 Å². The summed E-state index contributed by atoms with van der Waals surface area (Å²) in [5.74, 6) is 0.845. The maximum Gasteiger partial charge on any atom is 0.228 e. The van der Waals surface area contributed by atoms with Crippen molar-refractivity contribution >= 4 is 11.7 Å². The van der Waals surface area contributed by atoms with Crippen LogP contribution in [-0.4, -0.2) is 15.7 Å². The van der Waals surface area contributed by atoms with Gasteiger partial charge in [0.15, 0.2) is 5.82 Å². The molecule has 90 valence electrons. The molecule has 1 amide bonds. The highest BCUT2D eigenvalue weighted by Crippen LogP contribution is 2.32. The van der Waals surface area contributed by atoms with E-state index in [1.54, 1.807) is 13.2 Å². The zero-order valence-electron chi connectivity index (χ0n) is 10.1. The van der Waals surface area contributed by atoms with Gasteiger partial charge in [-0.2, -0.15) is 10.4 Å². The van der Waals surface area contributed by atoms with Crippen LogP contribution in [0.25, 0.3) is 0 Å². The van der Waals surface area contributed by atoms with Crippen molar-refractivity contribution in [1.29, 1.82) is 5.26 Å². The number of aryl methyl sites for hydroxylation is 1. The van der Waals surface area contributed by atoms with Crippen molar-refractivity contribution in [2.45, 2.75) is 26.2 Å². The molecule has 0 bridgehead atoms. The van der Waals surface area contributed by atoms with Crippen molar-refractivity contribution in [3.8, 4) is 6.07 Å². The molecule has 0 aromatic carbocycles. The minimum absolute atomic E-state index is 0.00907. The number of anilines is 1. The molecular formula is C12H16N4O. The standard InChI is InChI=1S/C12H16N4O/c1-8-4-3-5-10(8)12(17)14-11-9(6-13)7-16(2)15-11/h7-8,10H,3-5H2,1-2H3,(H,14,15,17). The molecule has 2 atom stereocenters. The first-order valence-electron chi connectivity index (χ1n) is 5.86. The van der Waals surface area contributed by atoms with Gasteiger partial charge in [-0.15, -0.1) is 0 Å². The number of hydrogen-bond acceptors (Lipinski definition) is 3. The van der Waals surface area contributed by atoms with Crippen LogP contribution in [0, 0.1) is 23.2 Å². The van der Waals surface area contributed by atoms with Crippen molar-refractivity contribution in [2.75, 3.05) is 5.32 Å². The average Bonchev–Trinajstić information content (AvgIpc) is 2.84. The van der Waals surface area contributed by atoms with Crippen LogP contribution < -0.4 is 5.32 Å². The molecule has 1 fully saturated rings. The summed E-state index contributed by atoms with van der Waals surface area (Å²) in [7, 11) is 1.73. The van der Waals surface area contributed by atoms with Crippen LogP contribution in [0.1, 0.15) is 31.7 Å². The lowest BCUT2D eigenvalue weighted by Gasteiger charge is -2.13. The second-order valence-electron chi connectivity index (χ2n) is 4.68. The summed E-state index contributed by atoms with van der Waals surface area (Å²) >= 11 is 0. The fourth-order valence-corrected chi connectivity index (χ4v) is 2.41. The van der Waals surface area contributed by atoms with Crippen molar-refractivity contribution in [3.05, 3.63) is 11.8 Å². The summed E-state index contributed by atoms with van der Waals surface area (Å²) < 4.78 is 1.53. The van der Waals surface area contributed by atoms with E-state index < -0.39 is 0 Å². The predicted molar refractivity (Wildman–Crippen MR) is 63.1 cm³/mol. The first kappa shape index (κ1) is 11.6. The second-order valence-corrected chi connectivity index (χ2v) is 4.68. The lowest BCUT2D eigenvalue weighted by Crippen LogP contribution is -2.25. The van der Waals surface area contributed by atoms with Gasteiger partial charge in [-0.05, 0) is 18.8 Å². The van der Waals surface area contributed by atoms with E-state index in [1.807, 2.05) is 6.07 Å². The van der Waals surface area contributed by atoms with E-state index in [1.165, 1.54) is 4.68 Å². The van der Waals surface area contributed by atoms with Crippen molar-refractivity contribution in [1.82, 2.24) is 9.78 Å². The molecule has 5 nitrogen and oxygen atoms in total. The van der Waals surface area contributed by atoms with Gasteiger partial charge in [0.1, 0.15) is 11.6 Å². The van der Waals surface area contributed by atoms with E-state index >= 15 is 0 Å². The van der Waals surface area contributed by atoms with Crippen LogP contribution in [0.3, 0.4) is 0 Å². The Morgan fingerprint density at radius 1 is 1.65 bits per heavy atom. The topological polar surface area (TPSA) is 70.7 Å². The third-order valence-electron chi connectivity index (χ3n) is 3.39. The highest BCUT2D eigenvalue weighted by atomic mass is 16.2. The number of carbonyl (C=O) groups is 1. The second kappa shape index (κ2) is 4.58. The molecule has 17 heavy (non-hydrogen) atoms. The van der Waals surface area contributed by atoms with Crippen LogP contribution in [0.2, 0.25) is 0 Å². The van der Waals surface area contributed by atoms with E-state index in [4.69, 9.17) is 5.26 Å². The third kappa shape index (κ3) is 2.31. The minimum Gasteiger partial charge on any atom is -0.308 e. The van der Waals surface area contributed by atoms with Gasteiger partial charge in [-0.1, -0.05) is 13.3 Å². The molecule has 5 heteroatoms. The number of nitrogens with one attached hydrogen (secondary N) is 1. The lowest BCUT2D eigenvalue weighted by molar-refractivity contribution is -0.120. The van der Waals surface area contributed by atoms with E-state index in [-0.39, 0.29) is 11.8 Å². The summed E-state index contributed by atoms with van der Waals surface area (Å²) in [6.07, 6.45) is 4.74. The van der Waals surface area contributed by atoms with Crippen molar-refractivity contribution in [3.63, 3.8) is 0 Å². The van der Waals surface area contributed by atoms with Gasteiger partial charge in [-0.25, -0.2) is 0 Å². The molecule has 1 aliphatic rings. The average molecular weight is 232 g/mol. The first-order chi connectivity index (χ1) is 8.11. The minimum atomic E-state index is -0.00907. The van der Waals surface area contributed by atoms with Crippen LogP contribution in [0.5, 0.6) is 0 Å². The zero-order valence-corrected chi connectivity index (χ0v) is 10.1. The smallest absolute Gasteiger partial charge is 0.228 e. The van der Waals surface area contributed by atoms with E-state index in [2.05, 4.69) is 17.3 Å². The summed E-state index contributed by atoms with van der Waals surface area (Å²) in [6, 6.07) is 2.03. The van der Waals surface area contributed by atoms with Gasteiger partial charge in [0, 0.05) is 19.2 Å². The molecule has 0 aliphatic heterocycles. The monoisotopic (exact) mass is 232 g/mol. The molecule has 1 saturated carbocycles. The quantitative estimate of drug-likeness (QED) is 0.843. The van der Waals surface area contributed by atoms with Gasteiger partial charge >= 0.3 is 0 Å². The van der Waals surface area contributed by atoms with Crippen LogP contribution in [0.15, 0.2) is 6.20 Å². The molecule has 1 aliphatic carbocycles. The maximum absolute atomic E-state index is 12.0. The number of amides is 1. The van der Waals surface area contributed by atoms with Crippen molar-refractivity contribution in [2.24, 2.45) is 18.9 Å². The largest absolute Gasteiger partial charge is 0.308 e. The fraction of sp³-hybridized carbons (Fsp3) is 0.583. The Labute approximate surface area is 100 Å². The Bertz CT molecular complexity index is 471. The van der Waals surface area contributed by atoms with Gasteiger partial charge in [0.25, 0.3) is 0 Å². The third-order valence-corrected chi connectivity index (χ3v) is 3.39. The molecule has 1 aromatic heterocycles. The molecule has 0 spiro atoms. The summed E-state index contributed by atoms with van der Waals surface area (Å²) in [5, 5.41) is 15.7. The molecule has 1 N–H and O–H groups in total. The Balaban J connectivity index is 2.10. The van der Waals surface area contributed by atoms with Gasteiger partial charge in [0.05, 0.1) is 0 Å². The summed E-state index contributed by atoms with van der Waals surface area (Å²) in [6.45, 7) is 2.10. The molecule has 1 heterocycles. The number of hydrogen-bond donors (Lipinski definition) is 1. The number of aromatic nitrogens is 2. The van der Waals surface area contributed by atoms with Crippen molar-refractivity contribution < 1.29 is 4.79 Å². The number of nitriles is 1. The molecule has 2 unspecified atom stereocenters. The first-order valence-corrected chi connectivity index (χ1v) is 5.86. The van der Waals surface area contributed by atoms with Gasteiger partial charge < -0.3 is 5.32 Å². The molecule has 0 saturated heterocycles. The molecular weight excluding hydrogens is 216 g/mol. The highest BCUT2D eigenvalue weighted by molar-refractivity contribution is 5.93. The van der Waals surface area contributed by atoms with E-state index in [0.717, 1.165) is 19.3 Å². The molecule has 2 rings (SSSR count). The Morgan fingerprint density at radius 2 is 2.41 bits per heavy atom. The fourth-order valence-electron chi connectivity index (χ4n) is 2.41. The Kier molecular flexibility index (Phi) is 3.14. The lowest BCUT2D eigenvalue weighted by atomic mass is 9.97. The van der Waals surface area contributed by atoms with E-state index in [0.29, 0.717) is 17.3 Å². The maximum atomic E-state index is 12.0. The Morgan fingerprint density at radius 3 is 3.00 bits per heavy atom. The molecule has 1 aromatic rings. The number of nitrogens with zero attached hydrogens (tertiary/aromatic N) is 3. The summed E-state index contributed by atoms with van der Waals surface area (Å²) in [5.41, 5.74) is 0.409.